The lowest BCUT2D eigenvalue weighted by Crippen LogP contribution is -2.39. The van der Waals surface area contributed by atoms with Gasteiger partial charge in [-0.2, -0.15) is 0 Å². The number of benzene rings is 1. The molecule has 3 heterocycles. The van der Waals surface area contributed by atoms with Gasteiger partial charge in [0, 0.05) is 28.0 Å². The van der Waals surface area contributed by atoms with Crippen LogP contribution in [0, 0.1) is 19.8 Å². The minimum Gasteiger partial charge on any atom is -0.311 e. The number of thiophene rings is 1. The van der Waals surface area contributed by atoms with Gasteiger partial charge in [-0.1, -0.05) is 26.0 Å². The van der Waals surface area contributed by atoms with Crippen LogP contribution in [0.1, 0.15) is 65.6 Å². The van der Waals surface area contributed by atoms with E-state index in [-0.39, 0.29) is 12.1 Å². The Morgan fingerprint density at radius 3 is 2.71 bits per heavy atom. The minimum absolute atomic E-state index is 0.0104. The molecule has 2 aromatic heterocycles. The largest absolute Gasteiger partial charge is 0.322 e. The molecule has 1 N–H and O–H groups in total. The summed E-state index contributed by atoms with van der Waals surface area (Å²) in [4.78, 5) is 17.3. The van der Waals surface area contributed by atoms with Gasteiger partial charge in [0.1, 0.15) is 5.00 Å². The fourth-order valence-corrected chi connectivity index (χ4v) is 6.60. The molecule has 0 fully saturated rings. The maximum atomic E-state index is 13.7. The van der Waals surface area contributed by atoms with Crippen LogP contribution in [-0.4, -0.2) is 15.5 Å². The third kappa shape index (κ3) is 3.39. The molecule has 1 atom stereocenters. The van der Waals surface area contributed by atoms with Crippen molar-refractivity contribution >= 4 is 23.1 Å². The Hall–Kier alpha value is -2.53. The molecule has 1 aromatic carbocycles. The summed E-state index contributed by atoms with van der Waals surface area (Å²) in [5, 5.41) is 4.56. The Bertz CT molecular complexity index is 1140. The van der Waals surface area contributed by atoms with Crippen molar-refractivity contribution in [1.29, 1.82) is 0 Å². The summed E-state index contributed by atoms with van der Waals surface area (Å²) in [5.74, 6) is 0.308. The van der Waals surface area contributed by atoms with Crippen molar-refractivity contribution in [3.63, 3.8) is 0 Å². The van der Waals surface area contributed by atoms with Crippen molar-refractivity contribution in [2.75, 3.05) is 5.32 Å². The molecular formula is C26H31N3OS. The van der Waals surface area contributed by atoms with E-state index in [2.05, 4.69) is 66.9 Å². The molecule has 1 aliphatic heterocycles. The van der Waals surface area contributed by atoms with Gasteiger partial charge in [-0.15, -0.1) is 11.3 Å². The molecule has 5 rings (SSSR count). The number of rotatable bonds is 2. The van der Waals surface area contributed by atoms with E-state index in [0.717, 1.165) is 17.7 Å². The number of hydrogen-bond acceptors (Lipinski definition) is 2. The smallest absolute Gasteiger partial charge is 0.311 e. The van der Waals surface area contributed by atoms with E-state index in [4.69, 9.17) is 0 Å². The van der Waals surface area contributed by atoms with E-state index in [0.29, 0.717) is 12.5 Å². The summed E-state index contributed by atoms with van der Waals surface area (Å²) in [6.07, 6.45) is 7.01. The molecular weight excluding hydrogens is 402 g/mol. The Balaban J connectivity index is 1.60. The third-order valence-corrected chi connectivity index (χ3v) is 8.30. The summed E-state index contributed by atoms with van der Waals surface area (Å²) in [7, 11) is 0. The molecule has 4 nitrogen and oxygen atoms in total. The molecule has 0 saturated carbocycles. The standard InChI is InChI=1S/C26H31N3OS/c1-16(2)24-22-12-8-14-28(22)25-20(19-10-5-6-13-23(19)31-25)15-29(24)26(30)27-21-11-7-9-17(3)18(21)4/h7-9,11-12,14,16,24H,5-6,10,13,15H2,1-4H3,(H,27,30)/t24-/m0/s1. The molecule has 3 aromatic rings. The van der Waals surface area contributed by atoms with Gasteiger partial charge < -0.3 is 14.8 Å². The van der Waals surface area contributed by atoms with Crippen molar-refractivity contribution < 1.29 is 4.79 Å². The maximum absolute atomic E-state index is 13.7. The Morgan fingerprint density at radius 2 is 1.90 bits per heavy atom. The number of nitrogens with one attached hydrogen (secondary N) is 1. The van der Waals surface area contributed by atoms with E-state index < -0.39 is 0 Å². The van der Waals surface area contributed by atoms with Crippen LogP contribution in [-0.2, 0) is 19.4 Å². The number of anilines is 1. The Kier molecular flexibility index (Phi) is 5.17. The van der Waals surface area contributed by atoms with Gasteiger partial charge >= 0.3 is 6.03 Å². The second kappa shape index (κ2) is 7.86. The number of nitrogens with zero attached hydrogens (tertiary/aromatic N) is 2. The Labute approximate surface area is 188 Å². The fourth-order valence-electron chi connectivity index (χ4n) is 5.20. The number of carbonyl (C=O) groups excluding carboxylic acids is 1. The summed E-state index contributed by atoms with van der Waals surface area (Å²) in [6.45, 7) is 9.27. The second-order valence-electron chi connectivity index (χ2n) is 9.29. The molecule has 0 radical (unpaired) electrons. The van der Waals surface area contributed by atoms with Crippen molar-refractivity contribution in [3.8, 4) is 5.00 Å². The van der Waals surface area contributed by atoms with Gasteiger partial charge in [-0.3, -0.25) is 0 Å². The molecule has 31 heavy (non-hydrogen) atoms. The predicted molar refractivity (Wildman–Crippen MR) is 128 cm³/mol. The fraction of sp³-hybridized carbons (Fsp3) is 0.423. The highest BCUT2D eigenvalue weighted by atomic mass is 32.1. The van der Waals surface area contributed by atoms with Gasteiger partial charge in [0.25, 0.3) is 0 Å². The lowest BCUT2D eigenvalue weighted by atomic mass is 9.94. The lowest BCUT2D eigenvalue weighted by Gasteiger charge is -2.33. The molecule has 0 spiro atoms. The Morgan fingerprint density at radius 1 is 1.10 bits per heavy atom. The number of aromatic nitrogens is 1. The highest BCUT2D eigenvalue weighted by Crippen LogP contribution is 2.44. The zero-order valence-electron chi connectivity index (χ0n) is 18.9. The SMILES string of the molecule is Cc1cccc(NC(=O)N2Cc3c(sc4c3CCCC4)-n3cccc3[C@@H]2C(C)C)c1C. The number of hydrogen-bond donors (Lipinski definition) is 1. The van der Waals surface area contributed by atoms with Crippen molar-refractivity contribution in [2.45, 2.75) is 66.0 Å². The average Bonchev–Trinajstić information content (AvgIpc) is 3.32. The first kappa shape index (κ1) is 20.4. The van der Waals surface area contributed by atoms with Gasteiger partial charge in [0.2, 0.25) is 0 Å². The van der Waals surface area contributed by atoms with Crippen LogP contribution in [0.2, 0.25) is 0 Å². The van der Waals surface area contributed by atoms with Crippen molar-refractivity contribution in [1.82, 2.24) is 9.47 Å². The van der Waals surface area contributed by atoms with Gasteiger partial charge in [0.05, 0.1) is 12.6 Å². The number of urea groups is 1. The van der Waals surface area contributed by atoms with Crippen LogP contribution in [0.15, 0.2) is 36.5 Å². The number of amides is 2. The summed E-state index contributed by atoms with van der Waals surface area (Å²) in [6, 6.07) is 10.4. The third-order valence-electron chi connectivity index (χ3n) is 6.96. The summed E-state index contributed by atoms with van der Waals surface area (Å²) >= 11 is 1.94. The molecule has 0 bridgehead atoms. The summed E-state index contributed by atoms with van der Waals surface area (Å²) in [5.41, 5.74) is 7.29. The molecule has 5 heteroatoms. The maximum Gasteiger partial charge on any atom is 0.322 e. The second-order valence-corrected chi connectivity index (χ2v) is 10.4. The average molecular weight is 434 g/mol. The van der Waals surface area contributed by atoms with Gasteiger partial charge in [-0.25, -0.2) is 4.79 Å². The van der Waals surface area contributed by atoms with Crippen molar-refractivity contribution in [2.24, 2.45) is 5.92 Å². The topological polar surface area (TPSA) is 37.3 Å². The zero-order valence-corrected chi connectivity index (χ0v) is 19.7. The zero-order chi connectivity index (χ0) is 21.7. The van der Waals surface area contributed by atoms with E-state index in [1.165, 1.54) is 51.5 Å². The number of carbonyl (C=O) groups is 1. The molecule has 162 valence electrons. The highest BCUT2D eigenvalue weighted by Gasteiger charge is 2.36. The lowest BCUT2D eigenvalue weighted by molar-refractivity contribution is 0.161. The van der Waals surface area contributed by atoms with Crippen LogP contribution < -0.4 is 5.32 Å². The molecule has 0 saturated heterocycles. The number of fused-ring (bicyclic) bond motifs is 5. The van der Waals surface area contributed by atoms with E-state index in [9.17, 15) is 4.79 Å². The first-order valence-corrected chi connectivity index (χ1v) is 12.2. The van der Waals surface area contributed by atoms with Gasteiger partial charge in [0.15, 0.2) is 0 Å². The first-order valence-electron chi connectivity index (χ1n) is 11.4. The van der Waals surface area contributed by atoms with Crippen LogP contribution in [0.3, 0.4) is 0 Å². The van der Waals surface area contributed by atoms with Crippen LogP contribution in [0.5, 0.6) is 0 Å². The molecule has 2 amide bonds. The van der Waals surface area contributed by atoms with Crippen LogP contribution in [0.25, 0.3) is 5.00 Å². The first-order chi connectivity index (χ1) is 15.0. The van der Waals surface area contributed by atoms with E-state index in [1.807, 2.05) is 23.5 Å². The van der Waals surface area contributed by atoms with E-state index >= 15 is 0 Å². The van der Waals surface area contributed by atoms with E-state index in [1.54, 1.807) is 0 Å². The highest BCUT2D eigenvalue weighted by molar-refractivity contribution is 7.15. The number of aryl methyl sites for hydroxylation is 2. The summed E-state index contributed by atoms with van der Waals surface area (Å²) < 4.78 is 2.36. The minimum atomic E-state index is -0.0104. The molecule has 0 unspecified atom stereocenters. The molecule has 1 aliphatic carbocycles. The van der Waals surface area contributed by atoms with Crippen LogP contribution in [0.4, 0.5) is 10.5 Å². The van der Waals surface area contributed by atoms with Crippen LogP contribution >= 0.6 is 11.3 Å². The van der Waals surface area contributed by atoms with Gasteiger partial charge in [-0.05, 0) is 80.3 Å². The monoisotopic (exact) mass is 433 g/mol. The molecule has 2 aliphatic rings. The predicted octanol–water partition coefficient (Wildman–Crippen LogP) is 6.78. The quantitative estimate of drug-likeness (QED) is 0.475. The van der Waals surface area contributed by atoms with Crippen molar-refractivity contribution in [3.05, 3.63) is 69.4 Å². The normalized spacial score (nSPS) is 17.7.